The molecule has 170 valence electrons. The zero-order valence-corrected chi connectivity index (χ0v) is 21.2. The van der Waals surface area contributed by atoms with Crippen molar-refractivity contribution in [2.75, 3.05) is 66.0 Å². The number of hydrogen-bond acceptors (Lipinski definition) is 4. The molecule has 2 fully saturated rings. The molecular formula is C23H41IN6. The van der Waals surface area contributed by atoms with Crippen molar-refractivity contribution < 1.29 is 0 Å². The second-order valence-electron chi connectivity index (χ2n) is 8.44. The van der Waals surface area contributed by atoms with Crippen LogP contribution in [-0.2, 0) is 6.54 Å². The second kappa shape index (κ2) is 14.2. The van der Waals surface area contributed by atoms with E-state index in [1.54, 1.807) is 0 Å². The first-order chi connectivity index (χ1) is 14.2. The minimum atomic E-state index is 0. The fourth-order valence-corrected chi connectivity index (χ4v) is 4.22. The van der Waals surface area contributed by atoms with E-state index < -0.39 is 0 Å². The van der Waals surface area contributed by atoms with E-state index in [0.29, 0.717) is 6.04 Å². The van der Waals surface area contributed by atoms with Crippen LogP contribution in [-0.4, -0.2) is 92.7 Å². The van der Waals surface area contributed by atoms with Gasteiger partial charge in [-0.25, -0.2) is 0 Å². The summed E-state index contributed by atoms with van der Waals surface area (Å²) in [7, 11) is 2.22. The number of nitrogens with zero attached hydrogens (tertiary/aromatic N) is 4. The minimum Gasteiger partial charge on any atom is -0.357 e. The summed E-state index contributed by atoms with van der Waals surface area (Å²) >= 11 is 0. The van der Waals surface area contributed by atoms with Crippen LogP contribution in [0.25, 0.3) is 0 Å². The maximum absolute atomic E-state index is 4.86. The Morgan fingerprint density at radius 1 is 1.00 bits per heavy atom. The highest BCUT2D eigenvalue weighted by Gasteiger charge is 2.20. The number of likely N-dealkylation sites (tertiary alicyclic amines) is 1. The van der Waals surface area contributed by atoms with Crippen molar-refractivity contribution >= 4 is 29.9 Å². The van der Waals surface area contributed by atoms with Crippen molar-refractivity contribution in [1.82, 2.24) is 25.3 Å². The van der Waals surface area contributed by atoms with Crippen LogP contribution in [0, 0.1) is 0 Å². The van der Waals surface area contributed by atoms with Gasteiger partial charge in [-0.05, 0) is 51.9 Å². The molecule has 6 nitrogen and oxygen atoms in total. The molecule has 30 heavy (non-hydrogen) atoms. The van der Waals surface area contributed by atoms with E-state index >= 15 is 0 Å². The Bertz CT molecular complexity index is 603. The highest BCUT2D eigenvalue weighted by Crippen LogP contribution is 2.13. The van der Waals surface area contributed by atoms with Gasteiger partial charge in [0.05, 0.1) is 6.54 Å². The maximum Gasteiger partial charge on any atom is 0.191 e. The fourth-order valence-electron chi connectivity index (χ4n) is 4.22. The fraction of sp³-hybridized carbons (Fsp3) is 0.696. The van der Waals surface area contributed by atoms with Crippen LogP contribution in [0.3, 0.4) is 0 Å². The first-order valence-corrected chi connectivity index (χ1v) is 11.4. The van der Waals surface area contributed by atoms with Gasteiger partial charge >= 0.3 is 0 Å². The monoisotopic (exact) mass is 528 g/mol. The van der Waals surface area contributed by atoms with Crippen molar-refractivity contribution in [2.24, 2.45) is 4.99 Å². The second-order valence-corrected chi connectivity index (χ2v) is 8.44. The zero-order valence-electron chi connectivity index (χ0n) is 18.9. The predicted molar refractivity (Wildman–Crippen MR) is 138 cm³/mol. The Morgan fingerprint density at radius 2 is 1.77 bits per heavy atom. The molecule has 2 aliphatic rings. The van der Waals surface area contributed by atoms with Crippen molar-refractivity contribution in [3.63, 3.8) is 0 Å². The van der Waals surface area contributed by atoms with E-state index in [9.17, 15) is 0 Å². The van der Waals surface area contributed by atoms with Crippen LogP contribution >= 0.6 is 24.0 Å². The summed E-state index contributed by atoms with van der Waals surface area (Å²) in [5, 5.41) is 7.12. The van der Waals surface area contributed by atoms with Gasteiger partial charge in [-0.1, -0.05) is 30.3 Å². The number of rotatable bonds is 7. The Balaban J connectivity index is 0.00000320. The summed E-state index contributed by atoms with van der Waals surface area (Å²) in [5.41, 5.74) is 1.41. The topological polar surface area (TPSA) is 46.1 Å². The van der Waals surface area contributed by atoms with E-state index in [1.165, 1.54) is 44.5 Å². The molecule has 0 spiro atoms. The summed E-state index contributed by atoms with van der Waals surface area (Å²) < 4.78 is 0. The molecule has 2 saturated heterocycles. The number of likely N-dealkylation sites (N-methyl/N-ethyl adjacent to an activating group) is 1. The van der Waals surface area contributed by atoms with Crippen LogP contribution < -0.4 is 10.6 Å². The van der Waals surface area contributed by atoms with Crippen LogP contribution in [0.5, 0.6) is 0 Å². The molecule has 0 amide bonds. The summed E-state index contributed by atoms with van der Waals surface area (Å²) in [4.78, 5) is 12.4. The van der Waals surface area contributed by atoms with Gasteiger partial charge in [-0.15, -0.1) is 24.0 Å². The number of nitrogens with one attached hydrogen (secondary N) is 2. The van der Waals surface area contributed by atoms with Gasteiger partial charge in [0.15, 0.2) is 5.96 Å². The standard InChI is InChI=1S/C23H40N6.HI/c1-3-24-23(25-12-17-28-14-7-13-27(2)18-19-28)26-22-10-15-29(16-11-22)20-21-8-5-4-6-9-21;/h4-6,8-9,22H,3,7,10-20H2,1-2H3,(H2,24,25,26);1H. The minimum absolute atomic E-state index is 0. The normalized spacial score (nSPS) is 20.4. The zero-order chi connectivity index (χ0) is 20.3. The van der Waals surface area contributed by atoms with Gasteiger partial charge in [0, 0.05) is 51.9 Å². The van der Waals surface area contributed by atoms with Crippen LogP contribution in [0.4, 0.5) is 0 Å². The third-order valence-corrected chi connectivity index (χ3v) is 6.02. The number of guanidine groups is 1. The van der Waals surface area contributed by atoms with Gasteiger partial charge < -0.3 is 20.4 Å². The van der Waals surface area contributed by atoms with E-state index in [-0.39, 0.29) is 24.0 Å². The molecule has 0 radical (unpaired) electrons. The lowest BCUT2D eigenvalue weighted by Crippen LogP contribution is -2.48. The van der Waals surface area contributed by atoms with Crippen LogP contribution in [0.2, 0.25) is 0 Å². The molecule has 2 heterocycles. The smallest absolute Gasteiger partial charge is 0.191 e. The number of aliphatic imine (C=N–C) groups is 1. The number of hydrogen-bond donors (Lipinski definition) is 2. The van der Waals surface area contributed by atoms with E-state index in [2.05, 4.69) is 69.6 Å². The molecule has 0 atom stereocenters. The van der Waals surface area contributed by atoms with E-state index in [1.807, 2.05) is 0 Å². The lowest BCUT2D eigenvalue weighted by molar-refractivity contribution is 0.198. The third kappa shape index (κ3) is 9.08. The highest BCUT2D eigenvalue weighted by molar-refractivity contribution is 14.0. The summed E-state index contributed by atoms with van der Waals surface area (Å²) in [6.07, 6.45) is 3.62. The Morgan fingerprint density at radius 3 is 2.50 bits per heavy atom. The molecule has 0 aliphatic carbocycles. The molecule has 3 rings (SSSR count). The Labute approximate surface area is 200 Å². The molecule has 7 heteroatoms. The molecule has 1 aromatic carbocycles. The SMILES string of the molecule is CCNC(=NCCN1CCCN(C)CC1)NC1CCN(Cc2ccccc2)CC1.I. The van der Waals surface area contributed by atoms with E-state index in [4.69, 9.17) is 4.99 Å². The predicted octanol–water partition coefficient (Wildman–Crippen LogP) is 2.46. The summed E-state index contributed by atoms with van der Waals surface area (Å²) in [6.45, 7) is 13.1. The average Bonchev–Trinajstić information content (AvgIpc) is 2.94. The van der Waals surface area contributed by atoms with E-state index in [0.717, 1.165) is 51.8 Å². The Hall–Kier alpha value is -0.900. The molecule has 0 bridgehead atoms. The van der Waals surface area contributed by atoms with Crippen molar-refractivity contribution in [2.45, 2.75) is 38.8 Å². The molecule has 2 aliphatic heterocycles. The molecule has 2 N–H and O–H groups in total. The molecule has 0 saturated carbocycles. The summed E-state index contributed by atoms with van der Waals surface area (Å²) in [6, 6.07) is 11.3. The van der Waals surface area contributed by atoms with Crippen molar-refractivity contribution in [3.05, 3.63) is 35.9 Å². The third-order valence-electron chi connectivity index (χ3n) is 6.02. The highest BCUT2D eigenvalue weighted by atomic mass is 127. The number of benzene rings is 1. The van der Waals surface area contributed by atoms with Gasteiger partial charge in [0.25, 0.3) is 0 Å². The first-order valence-electron chi connectivity index (χ1n) is 11.4. The largest absolute Gasteiger partial charge is 0.357 e. The summed E-state index contributed by atoms with van der Waals surface area (Å²) in [5.74, 6) is 0.987. The molecule has 0 unspecified atom stereocenters. The molecule has 1 aromatic rings. The lowest BCUT2D eigenvalue weighted by Gasteiger charge is -2.33. The average molecular weight is 529 g/mol. The van der Waals surface area contributed by atoms with Gasteiger partial charge in [0.2, 0.25) is 0 Å². The maximum atomic E-state index is 4.86. The molecule has 0 aromatic heterocycles. The van der Waals surface area contributed by atoms with Gasteiger partial charge in [0.1, 0.15) is 0 Å². The van der Waals surface area contributed by atoms with Crippen molar-refractivity contribution in [1.29, 1.82) is 0 Å². The lowest BCUT2D eigenvalue weighted by atomic mass is 10.0. The van der Waals surface area contributed by atoms with Crippen LogP contribution in [0.15, 0.2) is 35.3 Å². The first kappa shape index (κ1) is 25.4. The van der Waals surface area contributed by atoms with Gasteiger partial charge in [-0.3, -0.25) is 9.89 Å². The van der Waals surface area contributed by atoms with Gasteiger partial charge in [-0.2, -0.15) is 0 Å². The van der Waals surface area contributed by atoms with Crippen molar-refractivity contribution in [3.8, 4) is 0 Å². The number of piperidine rings is 1. The number of halogens is 1. The quantitative estimate of drug-likeness (QED) is 0.324. The van der Waals surface area contributed by atoms with Crippen LogP contribution in [0.1, 0.15) is 31.7 Å². The molecular weight excluding hydrogens is 487 g/mol. The Kier molecular flexibility index (Phi) is 12.0.